The third kappa shape index (κ3) is 3.20. The molecule has 5 heteroatoms. The molecule has 4 heterocycles. The van der Waals surface area contributed by atoms with Crippen LogP contribution in [0.2, 0.25) is 0 Å². The van der Waals surface area contributed by atoms with Crippen molar-refractivity contribution >= 4 is 16.9 Å². The van der Waals surface area contributed by atoms with Crippen LogP contribution < -0.4 is 0 Å². The van der Waals surface area contributed by atoms with E-state index < -0.39 is 0 Å². The largest absolute Gasteiger partial charge is 0.332 e. The molecule has 0 radical (unpaired) electrons. The molecular weight excluding hydrogens is 384 g/mol. The zero-order chi connectivity index (χ0) is 21.1. The molecule has 1 amide bonds. The lowest BCUT2D eigenvalue weighted by atomic mass is 9.68. The number of carbonyl (C=O) groups excluding carboxylic acids is 1. The lowest BCUT2D eigenvalue weighted by Crippen LogP contribution is -2.60. The van der Waals surface area contributed by atoms with Gasteiger partial charge in [0.15, 0.2) is 0 Å². The van der Waals surface area contributed by atoms with Gasteiger partial charge >= 0.3 is 0 Å². The van der Waals surface area contributed by atoms with Crippen LogP contribution in [-0.2, 0) is 0 Å². The topological polar surface area (TPSA) is 49.3 Å². The summed E-state index contributed by atoms with van der Waals surface area (Å²) in [7, 11) is 0. The fourth-order valence-electron chi connectivity index (χ4n) is 6.73. The Balaban J connectivity index is 1.33. The molecule has 3 fully saturated rings. The summed E-state index contributed by atoms with van der Waals surface area (Å²) in [5.74, 6) is 1.44. The maximum absolute atomic E-state index is 13.7. The van der Waals surface area contributed by atoms with E-state index >= 15 is 0 Å². The number of hydrogen-bond acceptors (Lipinski definition) is 4. The molecule has 0 saturated carbocycles. The van der Waals surface area contributed by atoms with Crippen LogP contribution in [0.15, 0.2) is 29.8 Å². The molecule has 0 spiro atoms. The van der Waals surface area contributed by atoms with Gasteiger partial charge in [-0.15, -0.1) is 0 Å². The van der Waals surface area contributed by atoms with Crippen LogP contribution in [0.5, 0.6) is 0 Å². The summed E-state index contributed by atoms with van der Waals surface area (Å²) in [5, 5.41) is 0. The van der Waals surface area contributed by atoms with E-state index in [2.05, 4.69) is 25.8 Å². The van der Waals surface area contributed by atoms with Crippen LogP contribution in [0, 0.1) is 25.7 Å². The van der Waals surface area contributed by atoms with Crippen molar-refractivity contribution in [2.75, 3.05) is 19.6 Å². The second-order valence-electron chi connectivity index (χ2n) is 10.1. The molecule has 3 saturated heterocycles. The number of rotatable bonds is 1. The van der Waals surface area contributed by atoms with Crippen LogP contribution in [0.25, 0.3) is 11.0 Å². The number of aryl methyl sites for hydroxylation is 2. The summed E-state index contributed by atoms with van der Waals surface area (Å²) in [6.45, 7) is 7.23. The fourth-order valence-corrected chi connectivity index (χ4v) is 6.73. The standard InChI is InChI=1S/C26H32N4O/c1-16-17(2)28-23-14-19(8-9-22(23)27-16)26(31)30-11-5-6-18-12-20-13-21(25(18)30)15-29-10-4-3-7-24(20)29/h8-9,12,14,20-21,24-25H,3-7,10-11,13,15H2,1-2H3/t20?,21?,24-,25-/m1/s1. The van der Waals surface area contributed by atoms with Crippen molar-refractivity contribution < 1.29 is 4.79 Å². The van der Waals surface area contributed by atoms with Crippen molar-refractivity contribution in [3.05, 3.63) is 46.8 Å². The lowest BCUT2D eigenvalue weighted by molar-refractivity contribution is 0.00148. The van der Waals surface area contributed by atoms with Gasteiger partial charge in [-0.2, -0.15) is 0 Å². The molecule has 6 rings (SSSR count). The number of benzene rings is 1. The molecule has 2 unspecified atom stereocenters. The first-order chi connectivity index (χ1) is 15.1. The molecule has 3 aliphatic heterocycles. The highest BCUT2D eigenvalue weighted by molar-refractivity contribution is 5.97. The number of hydrogen-bond donors (Lipinski definition) is 0. The first-order valence-corrected chi connectivity index (χ1v) is 12.1. The minimum Gasteiger partial charge on any atom is -0.332 e. The Morgan fingerprint density at radius 3 is 2.74 bits per heavy atom. The number of amides is 1. The van der Waals surface area contributed by atoms with E-state index in [4.69, 9.17) is 0 Å². The number of nitrogens with zero attached hydrogens (tertiary/aromatic N) is 4. The van der Waals surface area contributed by atoms with Gasteiger partial charge < -0.3 is 4.90 Å². The number of piperidine rings is 3. The Hall–Kier alpha value is -2.27. The van der Waals surface area contributed by atoms with E-state index in [0.29, 0.717) is 11.8 Å². The lowest BCUT2D eigenvalue weighted by Gasteiger charge is -2.54. The van der Waals surface area contributed by atoms with E-state index in [1.807, 2.05) is 32.0 Å². The highest BCUT2D eigenvalue weighted by Crippen LogP contribution is 2.45. The van der Waals surface area contributed by atoms with Gasteiger partial charge in [0, 0.05) is 24.7 Å². The Morgan fingerprint density at radius 1 is 1.03 bits per heavy atom. The van der Waals surface area contributed by atoms with Gasteiger partial charge in [-0.25, -0.2) is 9.97 Å². The third-order valence-corrected chi connectivity index (χ3v) is 8.24. The van der Waals surface area contributed by atoms with E-state index in [-0.39, 0.29) is 11.9 Å². The molecule has 31 heavy (non-hydrogen) atoms. The Morgan fingerprint density at radius 2 is 1.87 bits per heavy atom. The number of carbonyl (C=O) groups is 1. The summed E-state index contributed by atoms with van der Waals surface area (Å²) >= 11 is 0. The van der Waals surface area contributed by atoms with E-state index in [1.165, 1.54) is 37.8 Å². The molecule has 1 aromatic carbocycles. The predicted molar refractivity (Wildman–Crippen MR) is 122 cm³/mol. The van der Waals surface area contributed by atoms with E-state index in [9.17, 15) is 4.79 Å². The molecule has 0 N–H and O–H groups in total. The zero-order valence-electron chi connectivity index (χ0n) is 18.7. The normalized spacial score (nSPS) is 30.5. The van der Waals surface area contributed by atoms with Gasteiger partial charge in [-0.1, -0.05) is 18.1 Å². The number of likely N-dealkylation sites (tertiary alicyclic amines) is 1. The third-order valence-electron chi connectivity index (χ3n) is 8.24. The van der Waals surface area contributed by atoms with Crippen LogP contribution in [-0.4, -0.2) is 57.4 Å². The summed E-state index contributed by atoms with van der Waals surface area (Å²) < 4.78 is 0. The van der Waals surface area contributed by atoms with Crippen molar-refractivity contribution in [1.29, 1.82) is 0 Å². The average Bonchev–Trinajstić information content (AvgIpc) is 2.79. The first-order valence-electron chi connectivity index (χ1n) is 12.1. The maximum Gasteiger partial charge on any atom is 0.254 e. The van der Waals surface area contributed by atoms with Gasteiger partial charge in [0.05, 0.1) is 28.5 Å². The van der Waals surface area contributed by atoms with E-state index in [1.54, 1.807) is 0 Å². The van der Waals surface area contributed by atoms with Crippen LogP contribution in [0.3, 0.4) is 0 Å². The SMILES string of the molecule is Cc1nc2ccc(C(=O)N3CCCC4=CC5CC(CN6CCCC[C@H]56)[C@@H]43)cc2nc1C. The monoisotopic (exact) mass is 416 g/mol. The average molecular weight is 417 g/mol. The van der Waals surface area contributed by atoms with Crippen molar-refractivity contribution in [2.24, 2.45) is 11.8 Å². The molecular formula is C26H32N4O. The Labute approximate surface area is 184 Å². The second-order valence-corrected chi connectivity index (χ2v) is 10.1. The highest BCUT2D eigenvalue weighted by Gasteiger charge is 2.47. The molecule has 4 aliphatic rings. The van der Waals surface area contributed by atoms with Crippen LogP contribution in [0.1, 0.15) is 60.3 Å². The smallest absolute Gasteiger partial charge is 0.254 e. The highest BCUT2D eigenvalue weighted by atomic mass is 16.2. The van der Waals surface area contributed by atoms with Gasteiger partial charge in [-0.05, 0) is 82.5 Å². The molecule has 5 nitrogen and oxygen atoms in total. The number of aromatic nitrogens is 2. The van der Waals surface area contributed by atoms with Gasteiger partial charge in [-0.3, -0.25) is 9.69 Å². The van der Waals surface area contributed by atoms with Crippen LogP contribution in [0.4, 0.5) is 0 Å². The minimum absolute atomic E-state index is 0.164. The maximum atomic E-state index is 13.7. The zero-order valence-corrected chi connectivity index (χ0v) is 18.7. The Bertz CT molecular complexity index is 1080. The van der Waals surface area contributed by atoms with Gasteiger partial charge in [0.25, 0.3) is 5.91 Å². The molecule has 1 aliphatic carbocycles. The van der Waals surface area contributed by atoms with Crippen molar-refractivity contribution in [2.45, 2.75) is 64.5 Å². The van der Waals surface area contributed by atoms with Crippen molar-refractivity contribution in [3.8, 4) is 0 Å². The number of fused-ring (bicyclic) bond motifs is 7. The molecule has 162 valence electrons. The van der Waals surface area contributed by atoms with Gasteiger partial charge in [0.1, 0.15) is 0 Å². The fraction of sp³-hybridized carbons (Fsp3) is 0.577. The van der Waals surface area contributed by atoms with E-state index in [0.717, 1.165) is 60.0 Å². The molecule has 2 bridgehead atoms. The molecule has 4 atom stereocenters. The first kappa shape index (κ1) is 19.4. The summed E-state index contributed by atoms with van der Waals surface area (Å²) in [5.41, 5.74) is 5.85. The predicted octanol–water partition coefficient (Wildman–Crippen LogP) is 4.28. The minimum atomic E-state index is 0.164. The molecule has 2 aromatic rings. The van der Waals surface area contributed by atoms with Crippen molar-refractivity contribution in [1.82, 2.24) is 19.8 Å². The quantitative estimate of drug-likeness (QED) is 0.651. The molecule has 1 aromatic heterocycles. The van der Waals surface area contributed by atoms with Crippen molar-refractivity contribution in [3.63, 3.8) is 0 Å². The summed E-state index contributed by atoms with van der Waals surface area (Å²) in [4.78, 5) is 28.0. The van der Waals surface area contributed by atoms with Crippen LogP contribution >= 0.6 is 0 Å². The second kappa shape index (κ2) is 7.40. The van der Waals surface area contributed by atoms with Gasteiger partial charge in [0.2, 0.25) is 0 Å². The summed E-state index contributed by atoms with van der Waals surface area (Å²) in [6, 6.07) is 6.87. The Kier molecular flexibility index (Phi) is 4.64. The summed E-state index contributed by atoms with van der Waals surface area (Å²) in [6.07, 6.45) is 10.1.